The molecule has 5 heteroatoms. The van der Waals surface area contributed by atoms with Crippen molar-refractivity contribution in [2.24, 2.45) is 0 Å². The fourth-order valence-electron chi connectivity index (χ4n) is 8.75. The third-order valence-corrected chi connectivity index (χ3v) is 11.1. The maximum absolute atomic E-state index is 10.3. The van der Waals surface area contributed by atoms with Crippen LogP contribution >= 0.6 is 0 Å². The van der Waals surface area contributed by atoms with Crippen molar-refractivity contribution in [3.05, 3.63) is 187 Å². The van der Waals surface area contributed by atoms with Gasteiger partial charge in [0.1, 0.15) is 0 Å². The Kier molecular flexibility index (Phi) is 6.61. The first-order valence-corrected chi connectivity index (χ1v) is 18.3. The highest BCUT2D eigenvalue weighted by molar-refractivity contribution is 6.15. The van der Waals surface area contributed by atoms with E-state index < -0.39 is 0 Å². The minimum absolute atomic E-state index is 0.627. The van der Waals surface area contributed by atoms with Gasteiger partial charge in [0.15, 0.2) is 0 Å². The van der Waals surface area contributed by atoms with Gasteiger partial charge in [0, 0.05) is 49.3 Å². The van der Waals surface area contributed by atoms with E-state index in [2.05, 4.69) is 177 Å². The van der Waals surface area contributed by atoms with Crippen molar-refractivity contribution in [1.29, 1.82) is 10.5 Å². The van der Waals surface area contributed by atoms with Crippen LogP contribution in [-0.4, -0.2) is 13.7 Å². The van der Waals surface area contributed by atoms with E-state index >= 15 is 0 Å². The van der Waals surface area contributed by atoms with Crippen LogP contribution in [-0.2, 0) is 0 Å². The van der Waals surface area contributed by atoms with E-state index in [1.165, 1.54) is 16.2 Å². The molecule has 5 nitrogen and oxygen atoms in total. The smallest absolute Gasteiger partial charge is 0.0998 e. The van der Waals surface area contributed by atoms with Gasteiger partial charge in [-0.15, -0.1) is 0 Å². The Morgan fingerprint density at radius 2 is 0.891 bits per heavy atom. The molecule has 0 spiro atoms. The zero-order chi connectivity index (χ0) is 36.6. The highest BCUT2D eigenvalue weighted by Gasteiger charge is 2.21. The molecule has 0 bridgehead atoms. The Morgan fingerprint density at radius 3 is 1.53 bits per heavy atom. The molecule has 0 fully saturated rings. The molecule has 0 saturated heterocycles. The first kappa shape index (κ1) is 30.7. The van der Waals surface area contributed by atoms with Crippen LogP contribution in [0.25, 0.3) is 93.6 Å². The Hall–Kier alpha value is -7.86. The molecule has 3 aromatic heterocycles. The number of fused-ring (bicyclic) bond motifs is 9. The first-order chi connectivity index (χ1) is 27.2. The summed E-state index contributed by atoms with van der Waals surface area (Å²) in [4.78, 5) is 0. The van der Waals surface area contributed by atoms with Gasteiger partial charge >= 0.3 is 0 Å². The molecule has 3 heterocycles. The van der Waals surface area contributed by atoms with Crippen LogP contribution in [0.15, 0.2) is 176 Å². The van der Waals surface area contributed by atoms with Crippen molar-refractivity contribution >= 4 is 65.4 Å². The largest absolute Gasteiger partial charge is 0.309 e. The summed E-state index contributed by atoms with van der Waals surface area (Å²) in [6.07, 6.45) is 0. The number of para-hydroxylation sites is 5. The fourth-order valence-corrected chi connectivity index (χ4v) is 8.75. The lowest BCUT2D eigenvalue weighted by Gasteiger charge is -2.15. The molecule has 0 atom stereocenters. The molecule has 0 radical (unpaired) electrons. The van der Waals surface area contributed by atoms with E-state index in [0.717, 1.165) is 77.4 Å². The third kappa shape index (κ3) is 4.45. The lowest BCUT2D eigenvalue weighted by atomic mass is 9.99. The van der Waals surface area contributed by atoms with Gasteiger partial charge in [0.25, 0.3) is 0 Å². The minimum Gasteiger partial charge on any atom is -0.309 e. The minimum atomic E-state index is 0.627. The number of aromatic nitrogens is 3. The molecule has 11 aromatic rings. The average molecular weight is 700 g/mol. The van der Waals surface area contributed by atoms with Crippen LogP contribution in [0, 0.1) is 22.7 Å². The maximum Gasteiger partial charge on any atom is 0.0998 e. The normalized spacial score (nSPS) is 11.6. The summed E-state index contributed by atoms with van der Waals surface area (Å²) >= 11 is 0. The summed E-state index contributed by atoms with van der Waals surface area (Å²) in [7, 11) is 0. The molecular formula is C50H29N5. The molecule has 11 rings (SSSR count). The predicted molar refractivity (Wildman–Crippen MR) is 224 cm³/mol. The van der Waals surface area contributed by atoms with E-state index in [9.17, 15) is 10.5 Å². The maximum atomic E-state index is 10.3. The summed E-state index contributed by atoms with van der Waals surface area (Å²) in [5, 5.41) is 26.9. The lowest BCUT2D eigenvalue weighted by Crippen LogP contribution is -2.01. The molecule has 0 amide bonds. The number of hydrogen-bond acceptors (Lipinski definition) is 2. The van der Waals surface area contributed by atoms with Gasteiger partial charge in [0.2, 0.25) is 0 Å². The van der Waals surface area contributed by atoms with Gasteiger partial charge in [-0.05, 0) is 84.4 Å². The SMILES string of the molecule is N#Cc1ccc2c(c1)c1ccccc1n2-c1cccc2c3ccccc3n(-c3ccc(-c4cc(-n5c6ccccc6c6ccccc65)ccc4C#N)cc3)c12. The van der Waals surface area contributed by atoms with Gasteiger partial charge < -0.3 is 13.7 Å². The van der Waals surface area contributed by atoms with E-state index in [1.807, 2.05) is 24.3 Å². The topological polar surface area (TPSA) is 62.4 Å². The van der Waals surface area contributed by atoms with Crippen molar-refractivity contribution in [3.63, 3.8) is 0 Å². The second kappa shape index (κ2) is 11.8. The van der Waals surface area contributed by atoms with E-state index in [-0.39, 0.29) is 0 Å². The Morgan fingerprint density at radius 1 is 0.364 bits per heavy atom. The van der Waals surface area contributed by atoms with Crippen molar-refractivity contribution in [3.8, 4) is 40.3 Å². The summed E-state index contributed by atoms with van der Waals surface area (Å²) in [6.45, 7) is 0. The van der Waals surface area contributed by atoms with Crippen LogP contribution < -0.4 is 0 Å². The summed E-state index contributed by atoms with van der Waals surface area (Å²) in [6, 6.07) is 65.9. The zero-order valence-corrected chi connectivity index (χ0v) is 29.5. The Bertz CT molecular complexity index is 3400. The summed E-state index contributed by atoms with van der Waals surface area (Å²) in [5.74, 6) is 0. The Labute approximate surface area is 316 Å². The van der Waals surface area contributed by atoms with Gasteiger partial charge in [-0.1, -0.05) is 97.1 Å². The monoisotopic (exact) mass is 699 g/mol. The summed E-state index contributed by atoms with van der Waals surface area (Å²) in [5.41, 5.74) is 12.8. The van der Waals surface area contributed by atoms with Gasteiger partial charge in [-0.3, -0.25) is 0 Å². The third-order valence-electron chi connectivity index (χ3n) is 11.1. The second-order valence-corrected chi connectivity index (χ2v) is 14.0. The van der Waals surface area contributed by atoms with Crippen LogP contribution in [0.2, 0.25) is 0 Å². The van der Waals surface area contributed by atoms with Crippen molar-refractivity contribution in [1.82, 2.24) is 13.7 Å². The van der Waals surface area contributed by atoms with Gasteiger partial charge in [-0.25, -0.2) is 0 Å². The number of benzene rings is 8. The van der Waals surface area contributed by atoms with Gasteiger partial charge in [0.05, 0.1) is 62.1 Å². The van der Waals surface area contributed by atoms with E-state index in [4.69, 9.17) is 0 Å². The molecule has 0 aliphatic heterocycles. The fraction of sp³-hybridized carbons (Fsp3) is 0. The van der Waals surface area contributed by atoms with Gasteiger partial charge in [-0.2, -0.15) is 10.5 Å². The molecule has 0 N–H and O–H groups in total. The second-order valence-electron chi connectivity index (χ2n) is 14.0. The highest BCUT2D eigenvalue weighted by Crippen LogP contribution is 2.40. The van der Waals surface area contributed by atoms with E-state index in [0.29, 0.717) is 11.1 Å². The number of rotatable bonds is 4. The highest BCUT2D eigenvalue weighted by atomic mass is 15.1. The standard InChI is InChI=1S/C50H29N5/c51-30-32-20-27-48-43(28-32)40-13-4-8-18-47(40)55(48)49-19-9-14-41-39-12-3-7-17-46(39)54(50(41)49)35-24-21-33(22-25-35)42-29-36(26-23-34(42)31-52)53-44-15-5-1-10-37(44)38-11-2-6-16-45(38)53/h1-29H. The van der Waals surface area contributed by atoms with Crippen LogP contribution in [0.3, 0.4) is 0 Å². The molecule has 0 saturated carbocycles. The van der Waals surface area contributed by atoms with Crippen LogP contribution in [0.5, 0.6) is 0 Å². The average Bonchev–Trinajstić information content (AvgIpc) is 3.89. The molecule has 254 valence electrons. The summed E-state index contributed by atoms with van der Waals surface area (Å²) < 4.78 is 6.98. The van der Waals surface area contributed by atoms with Crippen molar-refractivity contribution < 1.29 is 0 Å². The Balaban J connectivity index is 1.12. The van der Waals surface area contributed by atoms with Crippen molar-refractivity contribution in [2.75, 3.05) is 0 Å². The van der Waals surface area contributed by atoms with E-state index in [1.54, 1.807) is 0 Å². The lowest BCUT2D eigenvalue weighted by molar-refractivity contribution is 1.13. The molecule has 0 unspecified atom stereocenters. The molecule has 55 heavy (non-hydrogen) atoms. The quantitative estimate of drug-likeness (QED) is 0.184. The van der Waals surface area contributed by atoms with Crippen molar-refractivity contribution in [2.45, 2.75) is 0 Å². The number of hydrogen-bond donors (Lipinski definition) is 0. The molecular weight excluding hydrogens is 671 g/mol. The first-order valence-electron chi connectivity index (χ1n) is 18.3. The number of nitrogens with zero attached hydrogens (tertiary/aromatic N) is 5. The molecule has 8 aromatic carbocycles. The predicted octanol–water partition coefficient (Wildman–Crippen LogP) is 12.4. The zero-order valence-electron chi connectivity index (χ0n) is 29.5. The van der Waals surface area contributed by atoms with Crippen LogP contribution in [0.1, 0.15) is 11.1 Å². The molecule has 0 aliphatic rings. The van der Waals surface area contributed by atoms with Crippen LogP contribution in [0.4, 0.5) is 0 Å². The molecule has 0 aliphatic carbocycles. The number of nitriles is 2.